The van der Waals surface area contributed by atoms with Crippen molar-refractivity contribution in [2.75, 3.05) is 13.7 Å². The first-order valence-electron chi connectivity index (χ1n) is 8.91. The summed E-state index contributed by atoms with van der Waals surface area (Å²) in [6.07, 6.45) is 7.30. The third kappa shape index (κ3) is 3.69. The molecule has 0 aromatic heterocycles. The number of carbonyl (C=O) groups is 1. The Labute approximate surface area is 138 Å². The Morgan fingerprint density at radius 2 is 1.96 bits per heavy atom. The van der Waals surface area contributed by atoms with E-state index < -0.39 is 0 Å². The zero-order valence-electron chi connectivity index (χ0n) is 14.0. The molecule has 1 unspecified atom stereocenters. The van der Waals surface area contributed by atoms with Crippen molar-refractivity contribution in [2.24, 2.45) is 5.92 Å². The summed E-state index contributed by atoms with van der Waals surface area (Å²) >= 11 is 0. The number of carbonyl (C=O) groups excluding carboxylic acids is 1. The lowest BCUT2D eigenvalue weighted by molar-refractivity contribution is 0.132. The van der Waals surface area contributed by atoms with E-state index in [2.05, 4.69) is 29.6 Å². The monoisotopic (exact) mass is 316 g/mol. The fourth-order valence-corrected chi connectivity index (χ4v) is 4.04. The fourth-order valence-electron chi connectivity index (χ4n) is 4.04. The second kappa shape index (κ2) is 7.35. The predicted octanol–water partition coefficient (Wildman–Crippen LogP) is 3.26. The van der Waals surface area contributed by atoms with Gasteiger partial charge in [0.2, 0.25) is 0 Å². The molecule has 4 heteroatoms. The Morgan fingerprint density at radius 3 is 2.70 bits per heavy atom. The Morgan fingerprint density at radius 1 is 1.22 bits per heavy atom. The SMILES string of the molecule is CN(C(=O)NC1CCCc2ccccc21)C1CCC(CO)CC1. The van der Waals surface area contributed by atoms with E-state index in [9.17, 15) is 9.90 Å². The van der Waals surface area contributed by atoms with Gasteiger partial charge in [-0.15, -0.1) is 0 Å². The molecule has 0 bridgehead atoms. The number of hydrogen-bond donors (Lipinski definition) is 2. The van der Waals surface area contributed by atoms with E-state index >= 15 is 0 Å². The highest BCUT2D eigenvalue weighted by Gasteiger charge is 2.28. The van der Waals surface area contributed by atoms with Crippen LogP contribution in [0.3, 0.4) is 0 Å². The minimum atomic E-state index is 0.0409. The molecule has 1 fully saturated rings. The van der Waals surface area contributed by atoms with Gasteiger partial charge in [0.15, 0.2) is 0 Å². The van der Waals surface area contributed by atoms with Crippen LogP contribution in [-0.4, -0.2) is 35.7 Å². The Balaban J connectivity index is 1.59. The lowest BCUT2D eigenvalue weighted by Gasteiger charge is -2.35. The number of nitrogens with zero attached hydrogens (tertiary/aromatic N) is 1. The summed E-state index contributed by atoms with van der Waals surface area (Å²) in [6.45, 7) is 0.279. The van der Waals surface area contributed by atoms with Crippen molar-refractivity contribution >= 4 is 6.03 Å². The van der Waals surface area contributed by atoms with Crippen LogP contribution in [0, 0.1) is 5.92 Å². The molecule has 1 aromatic rings. The van der Waals surface area contributed by atoms with Crippen molar-refractivity contribution in [1.82, 2.24) is 10.2 Å². The number of rotatable bonds is 3. The van der Waals surface area contributed by atoms with Crippen LogP contribution in [0.4, 0.5) is 4.79 Å². The number of nitrogens with one attached hydrogen (secondary N) is 1. The number of aliphatic hydroxyl groups excluding tert-OH is 1. The predicted molar refractivity (Wildman–Crippen MR) is 91.2 cm³/mol. The Hall–Kier alpha value is -1.55. The standard InChI is InChI=1S/C19H28N2O2/c1-21(16-11-9-14(13-22)10-12-16)19(23)20-18-8-4-6-15-5-2-3-7-17(15)18/h2-3,5,7,14,16,18,22H,4,6,8-13H2,1H3,(H,20,23). The number of hydrogen-bond acceptors (Lipinski definition) is 2. The highest BCUT2D eigenvalue weighted by molar-refractivity contribution is 5.75. The topological polar surface area (TPSA) is 52.6 Å². The summed E-state index contributed by atoms with van der Waals surface area (Å²) in [4.78, 5) is 14.5. The van der Waals surface area contributed by atoms with Crippen molar-refractivity contribution in [3.05, 3.63) is 35.4 Å². The Bertz CT molecular complexity index is 538. The minimum absolute atomic E-state index is 0.0409. The average Bonchev–Trinajstić information content (AvgIpc) is 2.61. The molecular weight excluding hydrogens is 288 g/mol. The molecule has 0 radical (unpaired) electrons. The van der Waals surface area contributed by atoms with E-state index in [-0.39, 0.29) is 18.7 Å². The first-order valence-corrected chi connectivity index (χ1v) is 8.91. The molecule has 23 heavy (non-hydrogen) atoms. The summed E-state index contributed by atoms with van der Waals surface area (Å²) < 4.78 is 0. The molecular formula is C19H28N2O2. The fraction of sp³-hybridized carbons (Fsp3) is 0.632. The van der Waals surface area contributed by atoms with Gasteiger partial charge in [-0.2, -0.15) is 0 Å². The maximum absolute atomic E-state index is 12.6. The molecule has 2 amide bonds. The van der Waals surface area contributed by atoms with E-state index in [1.807, 2.05) is 11.9 Å². The number of urea groups is 1. The van der Waals surface area contributed by atoms with Crippen molar-refractivity contribution in [3.63, 3.8) is 0 Å². The van der Waals surface area contributed by atoms with Gasteiger partial charge in [0, 0.05) is 19.7 Å². The van der Waals surface area contributed by atoms with Gasteiger partial charge in [0.25, 0.3) is 0 Å². The summed E-state index contributed by atoms with van der Waals surface area (Å²) in [5.74, 6) is 0.424. The van der Waals surface area contributed by atoms with Crippen LogP contribution in [0.15, 0.2) is 24.3 Å². The van der Waals surface area contributed by atoms with Gasteiger partial charge in [-0.25, -0.2) is 4.79 Å². The van der Waals surface area contributed by atoms with E-state index in [1.54, 1.807) is 0 Å². The average molecular weight is 316 g/mol. The Kier molecular flexibility index (Phi) is 5.21. The molecule has 4 nitrogen and oxygen atoms in total. The van der Waals surface area contributed by atoms with Gasteiger partial charge >= 0.3 is 6.03 Å². The zero-order valence-corrected chi connectivity index (χ0v) is 14.0. The highest BCUT2D eigenvalue weighted by atomic mass is 16.3. The normalized spacial score (nSPS) is 27.1. The zero-order chi connectivity index (χ0) is 16.2. The number of aliphatic hydroxyl groups is 1. The number of aryl methyl sites for hydroxylation is 1. The molecule has 0 aliphatic heterocycles. The third-order valence-electron chi connectivity index (χ3n) is 5.61. The highest BCUT2D eigenvalue weighted by Crippen LogP contribution is 2.30. The molecule has 2 aliphatic carbocycles. The number of benzene rings is 1. The van der Waals surface area contributed by atoms with Gasteiger partial charge in [-0.3, -0.25) is 0 Å². The van der Waals surface area contributed by atoms with Crippen molar-refractivity contribution < 1.29 is 9.90 Å². The number of amides is 2. The van der Waals surface area contributed by atoms with Crippen LogP contribution >= 0.6 is 0 Å². The summed E-state index contributed by atoms with van der Waals surface area (Å²) in [5, 5.41) is 12.5. The van der Waals surface area contributed by atoms with Crippen molar-refractivity contribution in [3.8, 4) is 0 Å². The van der Waals surface area contributed by atoms with E-state index in [1.165, 1.54) is 11.1 Å². The summed E-state index contributed by atoms with van der Waals surface area (Å²) in [7, 11) is 1.91. The molecule has 2 N–H and O–H groups in total. The molecule has 1 aromatic carbocycles. The molecule has 0 spiro atoms. The third-order valence-corrected chi connectivity index (χ3v) is 5.61. The first-order chi connectivity index (χ1) is 11.2. The maximum atomic E-state index is 12.6. The smallest absolute Gasteiger partial charge is 0.317 e. The van der Waals surface area contributed by atoms with E-state index in [4.69, 9.17) is 0 Å². The number of fused-ring (bicyclic) bond motifs is 1. The molecule has 126 valence electrons. The van der Waals surface area contributed by atoms with Gasteiger partial charge in [0.1, 0.15) is 0 Å². The van der Waals surface area contributed by atoms with Crippen molar-refractivity contribution in [1.29, 1.82) is 0 Å². The minimum Gasteiger partial charge on any atom is -0.396 e. The van der Waals surface area contributed by atoms with Crippen LogP contribution in [-0.2, 0) is 6.42 Å². The quantitative estimate of drug-likeness (QED) is 0.899. The summed E-state index contributed by atoms with van der Waals surface area (Å²) in [5.41, 5.74) is 2.65. The summed E-state index contributed by atoms with van der Waals surface area (Å²) in [6, 6.07) is 8.94. The molecule has 0 saturated heterocycles. The van der Waals surface area contributed by atoms with Gasteiger partial charge in [-0.05, 0) is 62.0 Å². The molecule has 1 atom stereocenters. The van der Waals surface area contributed by atoms with Gasteiger partial charge in [0.05, 0.1) is 6.04 Å². The lowest BCUT2D eigenvalue weighted by Crippen LogP contribution is -2.46. The van der Waals surface area contributed by atoms with Gasteiger partial charge in [-0.1, -0.05) is 24.3 Å². The van der Waals surface area contributed by atoms with Crippen LogP contribution in [0.5, 0.6) is 0 Å². The molecule has 0 heterocycles. The second-order valence-electron chi connectivity index (χ2n) is 7.06. The largest absolute Gasteiger partial charge is 0.396 e. The van der Waals surface area contributed by atoms with E-state index in [0.29, 0.717) is 12.0 Å². The van der Waals surface area contributed by atoms with Crippen molar-refractivity contribution in [2.45, 2.75) is 57.0 Å². The molecule has 3 rings (SSSR count). The van der Waals surface area contributed by atoms with Crippen LogP contribution in [0.25, 0.3) is 0 Å². The second-order valence-corrected chi connectivity index (χ2v) is 7.06. The van der Waals surface area contributed by atoms with Crippen LogP contribution in [0.2, 0.25) is 0 Å². The molecule has 2 aliphatic rings. The maximum Gasteiger partial charge on any atom is 0.317 e. The molecule has 1 saturated carbocycles. The van der Waals surface area contributed by atoms with Crippen LogP contribution < -0.4 is 5.32 Å². The lowest BCUT2D eigenvalue weighted by atomic mass is 9.86. The van der Waals surface area contributed by atoms with Gasteiger partial charge < -0.3 is 15.3 Å². The van der Waals surface area contributed by atoms with Crippen LogP contribution in [0.1, 0.15) is 55.7 Å². The first kappa shape index (κ1) is 16.3. The van der Waals surface area contributed by atoms with E-state index in [0.717, 1.165) is 44.9 Å².